The Morgan fingerprint density at radius 3 is 2.86 bits per heavy atom. The van der Waals surface area contributed by atoms with E-state index >= 15 is 0 Å². The summed E-state index contributed by atoms with van der Waals surface area (Å²) in [5.41, 5.74) is 1.51. The number of carbonyl (C=O) groups excluding carboxylic acids is 1. The highest BCUT2D eigenvalue weighted by Crippen LogP contribution is 2.21. The second-order valence-electron chi connectivity index (χ2n) is 4.84. The van der Waals surface area contributed by atoms with Crippen LogP contribution in [0.3, 0.4) is 0 Å². The van der Waals surface area contributed by atoms with Crippen molar-refractivity contribution in [1.82, 2.24) is 5.32 Å². The first-order valence-corrected chi connectivity index (χ1v) is 7.62. The Balaban J connectivity index is 2.74. The first kappa shape index (κ1) is 18.2. The monoisotopic (exact) mass is 308 g/mol. The molecule has 0 amide bonds. The lowest BCUT2D eigenvalue weighted by Gasteiger charge is -2.24. The van der Waals surface area contributed by atoms with Crippen molar-refractivity contribution < 1.29 is 13.9 Å². The summed E-state index contributed by atoms with van der Waals surface area (Å²) in [4.78, 5) is 13.3. The molecule has 0 fully saturated rings. The first-order chi connectivity index (χ1) is 10.6. The number of nitrogens with one attached hydrogen (secondary N) is 1. The molecule has 0 aromatic heterocycles. The lowest BCUT2D eigenvalue weighted by molar-refractivity contribution is -0.142. The fourth-order valence-electron chi connectivity index (χ4n) is 2.14. The number of hydrogen-bond donors (Lipinski definition) is 1. The second kappa shape index (κ2) is 9.95. The SMILES string of the molecule is C=CCNCc1ccc(F)c(N(CC)CCC(=O)OCC)c1. The molecular weight excluding hydrogens is 283 g/mol. The van der Waals surface area contributed by atoms with Crippen LogP contribution in [-0.2, 0) is 16.1 Å². The third kappa shape index (κ3) is 5.85. The number of benzene rings is 1. The predicted molar refractivity (Wildman–Crippen MR) is 87.4 cm³/mol. The Bertz CT molecular complexity index is 492. The molecular formula is C17H25FN2O2. The Labute approximate surface area is 132 Å². The summed E-state index contributed by atoms with van der Waals surface area (Å²) in [6, 6.07) is 5.04. The van der Waals surface area contributed by atoms with E-state index in [-0.39, 0.29) is 18.2 Å². The van der Waals surface area contributed by atoms with Crippen LogP contribution in [-0.4, -0.2) is 32.2 Å². The van der Waals surface area contributed by atoms with E-state index in [4.69, 9.17) is 4.74 Å². The maximum absolute atomic E-state index is 14.1. The van der Waals surface area contributed by atoms with Gasteiger partial charge in [0.05, 0.1) is 18.7 Å². The van der Waals surface area contributed by atoms with Gasteiger partial charge in [0.2, 0.25) is 0 Å². The molecule has 1 aromatic rings. The van der Waals surface area contributed by atoms with Crippen LogP contribution in [0.15, 0.2) is 30.9 Å². The van der Waals surface area contributed by atoms with Gasteiger partial charge in [-0.25, -0.2) is 4.39 Å². The highest BCUT2D eigenvalue weighted by Gasteiger charge is 2.13. The lowest BCUT2D eigenvalue weighted by atomic mass is 10.1. The van der Waals surface area contributed by atoms with Gasteiger partial charge in [-0.2, -0.15) is 0 Å². The zero-order valence-corrected chi connectivity index (χ0v) is 13.4. The average Bonchev–Trinajstić information content (AvgIpc) is 2.51. The van der Waals surface area contributed by atoms with Crippen LogP contribution in [0.1, 0.15) is 25.8 Å². The molecule has 0 spiro atoms. The van der Waals surface area contributed by atoms with Gasteiger partial charge >= 0.3 is 5.97 Å². The number of carbonyl (C=O) groups is 1. The van der Waals surface area contributed by atoms with Gasteiger partial charge in [0.25, 0.3) is 0 Å². The van der Waals surface area contributed by atoms with E-state index in [2.05, 4.69) is 11.9 Å². The molecule has 0 aliphatic rings. The van der Waals surface area contributed by atoms with E-state index in [1.165, 1.54) is 6.07 Å². The van der Waals surface area contributed by atoms with Gasteiger partial charge in [-0.1, -0.05) is 12.1 Å². The van der Waals surface area contributed by atoms with Crippen LogP contribution in [0.25, 0.3) is 0 Å². The zero-order valence-electron chi connectivity index (χ0n) is 13.4. The Kier molecular flexibility index (Phi) is 8.22. The summed E-state index contributed by atoms with van der Waals surface area (Å²) < 4.78 is 19.0. The Morgan fingerprint density at radius 2 is 2.23 bits per heavy atom. The van der Waals surface area contributed by atoms with Crippen LogP contribution in [0.4, 0.5) is 10.1 Å². The van der Waals surface area contributed by atoms with E-state index in [1.54, 1.807) is 19.1 Å². The number of hydrogen-bond acceptors (Lipinski definition) is 4. The van der Waals surface area contributed by atoms with E-state index in [1.807, 2.05) is 17.9 Å². The van der Waals surface area contributed by atoms with Crippen molar-refractivity contribution in [3.05, 3.63) is 42.2 Å². The van der Waals surface area contributed by atoms with Gasteiger partial charge in [0.15, 0.2) is 0 Å². The Morgan fingerprint density at radius 1 is 1.45 bits per heavy atom. The fourth-order valence-corrected chi connectivity index (χ4v) is 2.14. The maximum atomic E-state index is 14.1. The molecule has 5 heteroatoms. The van der Waals surface area contributed by atoms with Crippen LogP contribution in [0.2, 0.25) is 0 Å². The minimum atomic E-state index is -0.279. The molecule has 0 heterocycles. The van der Waals surface area contributed by atoms with Crippen LogP contribution >= 0.6 is 0 Å². The fraction of sp³-hybridized carbons (Fsp3) is 0.471. The van der Waals surface area contributed by atoms with Crippen molar-refractivity contribution in [2.75, 3.05) is 31.1 Å². The Hall–Kier alpha value is -1.88. The van der Waals surface area contributed by atoms with Crippen LogP contribution in [0.5, 0.6) is 0 Å². The van der Waals surface area contributed by atoms with Crippen molar-refractivity contribution in [2.45, 2.75) is 26.8 Å². The molecule has 0 unspecified atom stereocenters. The molecule has 0 bridgehead atoms. The molecule has 22 heavy (non-hydrogen) atoms. The number of ether oxygens (including phenoxy) is 1. The van der Waals surface area contributed by atoms with Gasteiger partial charge in [-0.3, -0.25) is 4.79 Å². The quantitative estimate of drug-likeness (QED) is 0.410. The van der Waals surface area contributed by atoms with Gasteiger partial charge in [-0.15, -0.1) is 6.58 Å². The summed E-state index contributed by atoms with van der Waals surface area (Å²) in [6.45, 7) is 10.1. The third-order valence-corrected chi connectivity index (χ3v) is 3.24. The molecule has 1 rings (SSSR count). The minimum absolute atomic E-state index is 0.250. The van der Waals surface area contributed by atoms with Gasteiger partial charge in [-0.05, 0) is 31.5 Å². The van der Waals surface area contributed by atoms with Crippen molar-refractivity contribution in [3.8, 4) is 0 Å². The van der Waals surface area contributed by atoms with Gasteiger partial charge in [0, 0.05) is 26.2 Å². The van der Waals surface area contributed by atoms with Crippen molar-refractivity contribution in [3.63, 3.8) is 0 Å². The van der Waals surface area contributed by atoms with E-state index < -0.39 is 0 Å². The van der Waals surface area contributed by atoms with E-state index in [0.29, 0.717) is 38.5 Å². The zero-order chi connectivity index (χ0) is 16.4. The lowest BCUT2D eigenvalue weighted by Crippen LogP contribution is -2.27. The molecule has 1 aromatic carbocycles. The largest absolute Gasteiger partial charge is 0.466 e. The number of halogens is 1. The molecule has 122 valence electrons. The molecule has 0 aliphatic heterocycles. The highest BCUT2D eigenvalue weighted by molar-refractivity contribution is 5.70. The number of esters is 1. The topological polar surface area (TPSA) is 41.6 Å². The first-order valence-electron chi connectivity index (χ1n) is 7.62. The normalized spacial score (nSPS) is 10.3. The molecule has 0 atom stereocenters. The highest BCUT2D eigenvalue weighted by atomic mass is 19.1. The van der Waals surface area contributed by atoms with Crippen LogP contribution in [0, 0.1) is 5.82 Å². The number of anilines is 1. The minimum Gasteiger partial charge on any atom is -0.466 e. The second-order valence-corrected chi connectivity index (χ2v) is 4.84. The standard InChI is InChI=1S/C17H25FN2O2/c1-4-10-19-13-14-7-8-15(18)16(12-14)20(5-2)11-9-17(21)22-6-3/h4,7-8,12,19H,1,5-6,9-11,13H2,2-3H3. The van der Waals surface area contributed by atoms with Crippen molar-refractivity contribution >= 4 is 11.7 Å². The predicted octanol–water partition coefficient (Wildman–Crippen LogP) is 2.88. The molecule has 0 saturated heterocycles. The molecule has 0 radical (unpaired) electrons. The van der Waals surface area contributed by atoms with E-state index in [9.17, 15) is 9.18 Å². The van der Waals surface area contributed by atoms with Crippen molar-refractivity contribution in [2.24, 2.45) is 0 Å². The van der Waals surface area contributed by atoms with Gasteiger partial charge in [0.1, 0.15) is 5.82 Å². The molecule has 0 saturated carbocycles. The summed E-state index contributed by atoms with van der Waals surface area (Å²) in [5.74, 6) is -0.539. The smallest absolute Gasteiger partial charge is 0.307 e. The maximum Gasteiger partial charge on any atom is 0.307 e. The van der Waals surface area contributed by atoms with Crippen molar-refractivity contribution in [1.29, 1.82) is 0 Å². The summed E-state index contributed by atoms with van der Waals surface area (Å²) >= 11 is 0. The summed E-state index contributed by atoms with van der Waals surface area (Å²) in [6.07, 6.45) is 2.03. The van der Waals surface area contributed by atoms with E-state index in [0.717, 1.165) is 5.56 Å². The molecule has 0 aliphatic carbocycles. The summed E-state index contributed by atoms with van der Waals surface area (Å²) in [7, 11) is 0. The number of nitrogens with zero attached hydrogens (tertiary/aromatic N) is 1. The van der Waals surface area contributed by atoms with Gasteiger partial charge < -0.3 is 15.0 Å². The molecule has 1 N–H and O–H groups in total. The summed E-state index contributed by atoms with van der Waals surface area (Å²) in [5, 5.41) is 3.19. The average molecular weight is 308 g/mol. The van der Waals surface area contributed by atoms with Crippen LogP contribution < -0.4 is 10.2 Å². The third-order valence-electron chi connectivity index (χ3n) is 3.24. The molecule has 4 nitrogen and oxygen atoms in total. The number of rotatable bonds is 10.